The Bertz CT molecular complexity index is 1600. The number of hydrogen-bond acceptors (Lipinski definition) is 3. The van der Waals surface area contributed by atoms with Crippen molar-refractivity contribution < 1.29 is 4.79 Å². The highest BCUT2D eigenvalue weighted by Gasteiger charge is 2.25. The Labute approximate surface area is 221 Å². The van der Waals surface area contributed by atoms with Gasteiger partial charge >= 0.3 is 0 Å². The van der Waals surface area contributed by atoms with Crippen LogP contribution in [0.1, 0.15) is 50.3 Å². The number of para-hydroxylation sites is 1. The number of carbonyl (C=O) groups excluding carboxylic acids is 1. The molecule has 1 aliphatic rings. The number of amides is 1. The zero-order chi connectivity index (χ0) is 25.2. The first-order valence-electron chi connectivity index (χ1n) is 12.9. The lowest BCUT2D eigenvalue weighted by atomic mass is 9.95. The number of hydrogen-bond donors (Lipinski definition) is 2. The Morgan fingerprint density at radius 2 is 1.73 bits per heavy atom. The number of nitrogens with zero attached hydrogens (tertiary/aromatic N) is 1. The quantitative estimate of drug-likeness (QED) is 0.229. The SMILES string of the molecule is Cc1cccc2c(C=Nc3sc4c(c3C(=O)NCc3ccccc3)CCCC4)c(-c3ccccc3)[nH]c12. The summed E-state index contributed by atoms with van der Waals surface area (Å²) in [7, 11) is 0. The van der Waals surface area contributed by atoms with E-state index in [1.807, 2.05) is 42.6 Å². The molecular formula is C32H29N3OS. The summed E-state index contributed by atoms with van der Waals surface area (Å²) < 4.78 is 0. The van der Waals surface area contributed by atoms with E-state index in [0.29, 0.717) is 6.54 Å². The van der Waals surface area contributed by atoms with Crippen molar-refractivity contribution in [3.8, 4) is 11.3 Å². The van der Waals surface area contributed by atoms with Gasteiger partial charge in [-0.15, -0.1) is 11.3 Å². The molecule has 0 radical (unpaired) electrons. The van der Waals surface area contributed by atoms with Gasteiger partial charge in [-0.2, -0.15) is 0 Å². The molecule has 5 heteroatoms. The number of carbonyl (C=O) groups is 1. The molecule has 1 amide bonds. The van der Waals surface area contributed by atoms with Gasteiger partial charge in [0.05, 0.1) is 11.3 Å². The highest BCUT2D eigenvalue weighted by Crippen LogP contribution is 2.40. The van der Waals surface area contributed by atoms with E-state index in [0.717, 1.165) is 63.1 Å². The molecule has 0 bridgehead atoms. The lowest BCUT2D eigenvalue weighted by Crippen LogP contribution is -2.24. The van der Waals surface area contributed by atoms with Crippen LogP contribution >= 0.6 is 11.3 Å². The summed E-state index contributed by atoms with van der Waals surface area (Å²) in [5.41, 5.74) is 8.56. The topological polar surface area (TPSA) is 57.2 Å². The molecule has 4 nitrogen and oxygen atoms in total. The van der Waals surface area contributed by atoms with E-state index in [-0.39, 0.29) is 5.91 Å². The molecule has 5 aromatic rings. The van der Waals surface area contributed by atoms with Crippen LogP contribution in [0.25, 0.3) is 22.2 Å². The molecule has 0 unspecified atom stereocenters. The van der Waals surface area contributed by atoms with Crippen molar-refractivity contribution in [1.29, 1.82) is 0 Å². The second-order valence-corrected chi connectivity index (χ2v) is 10.7. The van der Waals surface area contributed by atoms with E-state index in [1.54, 1.807) is 11.3 Å². The maximum absolute atomic E-state index is 13.5. The molecule has 2 N–H and O–H groups in total. The van der Waals surface area contributed by atoms with Gasteiger partial charge in [-0.3, -0.25) is 4.79 Å². The summed E-state index contributed by atoms with van der Waals surface area (Å²) in [6, 6.07) is 26.8. The maximum Gasteiger partial charge on any atom is 0.254 e. The van der Waals surface area contributed by atoms with E-state index in [9.17, 15) is 4.79 Å². The number of nitrogens with one attached hydrogen (secondary N) is 2. The fraction of sp³-hybridized carbons (Fsp3) is 0.188. The van der Waals surface area contributed by atoms with Gasteiger partial charge in [-0.05, 0) is 54.9 Å². The average molecular weight is 504 g/mol. The van der Waals surface area contributed by atoms with Gasteiger partial charge in [0.1, 0.15) is 5.00 Å². The average Bonchev–Trinajstić information content (AvgIpc) is 3.51. The minimum atomic E-state index is -0.0338. The van der Waals surface area contributed by atoms with E-state index in [4.69, 9.17) is 4.99 Å². The minimum Gasteiger partial charge on any atom is -0.354 e. The molecule has 1 aliphatic carbocycles. The van der Waals surface area contributed by atoms with Crippen LogP contribution in [0, 0.1) is 6.92 Å². The van der Waals surface area contributed by atoms with Gasteiger partial charge < -0.3 is 10.3 Å². The van der Waals surface area contributed by atoms with Crippen LogP contribution < -0.4 is 5.32 Å². The van der Waals surface area contributed by atoms with Crippen molar-refractivity contribution >= 4 is 39.4 Å². The smallest absolute Gasteiger partial charge is 0.254 e. The van der Waals surface area contributed by atoms with Crippen molar-refractivity contribution in [2.24, 2.45) is 4.99 Å². The highest BCUT2D eigenvalue weighted by molar-refractivity contribution is 7.16. The molecule has 2 aromatic heterocycles. The summed E-state index contributed by atoms with van der Waals surface area (Å²) in [5, 5.41) is 5.09. The number of H-pyrrole nitrogens is 1. The maximum atomic E-state index is 13.5. The van der Waals surface area contributed by atoms with Crippen LogP contribution in [0.3, 0.4) is 0 Å². The van der Waals surface area contributed by atoms with Gasteiger partial charge in [-0.1, -0.05) is 78.9 Å². The standard InChI is InChI=1S/C32H29N3OS/c1-21-11-10-17-24-26(30(35-29(21)24)23-14-6-3-7-15-23)20-34-32-28(25-16-8-9-18-27(25)37-32)31(36)33-19-22-12-4-2-5-13-22/h2-7,10-15,17,20,35H,8-9,16,18-19H2,1H3,(H,33,36). The molecule has 0 saturated heterocycles. The van der Waals surface area contributed by atoms with E-state index in [2.05, 4.69) is 59.7 Å². The van der Waals surface area contributed by atoms with Gasteiger partial charge in [0.15, 0.2) is 0 Å². The van der Waals surface area contributed by atoms with Crippen molar-refractivity contribution in [2.45, 2.75) is 39.2 Å². The number of thiophene rings is 1. The molecule has 184 valence electrons. The number of aromatic nitrogens is 1. The van der Waals surface area contributed by atoms with E-state index < -0.39 is 0 Å². The second-order valence-electron chi connectivity index (χ2n) is 9.59. The minimum absolute atomic E-state index is 0.0338. The van der Waals surface area contributed by atoms with E-state index >= 15 is 0 Å². The largest absolute Gasteiger partial charge is 0.354 e. The Balaban J connectivity index is 1.41. The number of fused-ring (bicyclic) bond motifs is 2. The third-order valence-corrected chi connectivity index (χ3v) is 8.33. The molecule has 2 heterocycles. The lowest BCUT2D eigenvalue weighted by molar-refractivity contribution is 0.0951. The Morgan fingerprint density at radius 1 is 0.973 bits per heavy atom. The summed E-state index contributed by atoms with van der Waals surface area (Å²) >= 11 is 1.68. The van der Waals surface area contributed by atoms with Gasteiger partial charge in [-0.25, -0.2) is 4.99 Å². The van der Waals surface area contributed by atoms with Gasteiger partial charge in [0.25, 0.3) is 5.91 Å². The van der Waals surface area contributed by atoms with Gasteiger partial charge in [0, 0.05) is 34.1 Å². The molecule has 3 aromatic carbocycles. The second kappa shape index (κ2) is 10.2. The summed E-state index contributed by atoms with van der Waals surface area (Å²) in [4.78, 5) is 23.5. The first kappa shape index (κ1) is 23.4. The first-order chi connectivity index (χ1) is 18.2. The third-order valence-electron chi connectivity index (χ3n) is 7.13. The summed E-state index contributed by atoms with van der Waals surface area (Å²) in [6.45, 7) is 2.63. The summed E-state index contributed by atoms with van der Waals surface area (Å²) in [5.74, 6) is -0.0338. The molecule has 0 aliphatic heterocycles. The van der Waals surface area contributed by atoms with Crippen molar-refractivity contribution in [3.05, 3.63) is 112 Å². The molecule has 0 saturated carbocycles. The molecule has 0 atom stereocenters. The number of rotatable bonds is 6. The van der Waals surface area contributed by atoms with Crippen LogP contribution in [0.5, 0.6) is 0 Å². The van der Waals surface area contributed by atoms with Crippen LogP contribution in [0.15, 0.2) is 83.9 Å². The molecule has 37 heavy (non-hydrogen) atoms. The molecular weight excluding hydrogens is 474 g/mol. The van der Waals surface area contributed by atoms with Crippen LogP contribution in [-0.4, -0.2) is 17.1 Å². The predicted octanol–water partition coefficient (Wildman–Crippen LogP) is 7.76. The van der Waals surface area contributed by atoms with Crippen molar-refractivity contribution in [1.82, 2.24) is 10.3 Å². The highest BCUT2D eigenvalue weighted by atomic mass is 32.1. The molecule has 0 spiro atoms. The van der Waals surface area contributed by atoms with E-state index in [1.165, 1.54) is 22.4 Å². The Morgan fingerprint density at radius 3 is 2.54 bits per heavy atom. The first-order valence-corrected chi connectivity index (χ1v) is 13.7. The Hall–Kier alpha value is -3.96. The summed E-state index contributed by atoms with van der Waals surface area (Å²) in [6.07, 6.45) is 6.20. The fourth-order valence-corrected chi connectivity index (χ4v) is 6.45. The number of aliphatic imine (C=N–C) groups is 1. The number of aromatic amines is 1. The van der Waals surface area contributed by atoms with Crippen molar-refractivity contribution in [3.63, 3.8) is 0 Å². The third kappa shape index (κ3) is 4.63. The molecule has 0 fully saturated rings. The number of aryl methyl sites for hydroxylation is 2. The van der Waals surface area contributed by atoms with Gasteiger partial charge in [0.2, 0.25) is 0 Å². The van der Waals surface area contributed by atoms with Crippen molar-refractivity contribution in [2.75, 3.05) is 0 Å². The van der Waals surface area contributed by atoms with Crippen LogP contribution in [-0.2, 0) is 19.4 Å². The molecule has 6 rings (SSSR count). The van der Waals surface area contributed by atoms with Crippen LogP contribution in [0.4, 0.5) is 5.00 Å². The van der Waals surface area contributed by atoms with Crippen LogP contribution in [0.2, 0.25) is 0 Å². The normalized spacial score (nSPS) is 13.2. The fourth-order valence-electron chi connectivity index (χ4n) is 5.22. The monoisotopic (exact) mass is 503 g/mol. The predicted molar refractivity (Wildman–Crippen MR) is 154 cm³/mol. The lowest BCUT2D eigenvalue weighted by Gasteiger charge is -2.12. The zero-order valence-corrected chi connectivity index (χ0v) is 21.7. The Kier molecular flexibility index (Phi) is 6.46. The number of benzene rings is 3. The zero-order valence-electron chi connectivity index (χ0n) is 20.9.